The van der Waals surface area contributed by atoms with Crippen LogP contribution in [0.5, 0.6) is 0 Å². The molecule has 0 atom stereocenters. The number of benzene rings is 2. The van der Waals surface area contributed by atoms with Gasteiger partial charge in [0.1, 0.15) is 5.76 Å². The molecular formula is C26H24IrNO3-. The zero-order chi connectivity index (χ0) is 21.7. The minimum absolute atomic E-state index is 0. The van der Waals surface area contributed by atoms with Crippen molar-refractivity contribution in [2.24, 2.45) is 0 Å². The summed E-state index contributed by atoms with van der Waals surface area (Å²) in [6.07, 6.45) is 2.96. The molecule has 31 heavy (non-hydrogen) atoms. The molecule has 1 N–H and O–H groups in total. The Bertz CT molecular complexity index is 1190. The number of furan rings is 1. The van der Waals surface area contributed by atoms with Crippen LogP contribution in [0.25, 0.3) is 33.6 Å². The normalized spacial score (nSPS) is 10.8. The molecule has 0 aliphatic rings. The Morgan fingerprint density at radius 1 is 1.06 bits per heavy atom. The summed E-state index contributed by atoms with van der Waals surface area (Å²) >= 11 is 0. The zero-order valence-corrected chi connectivity index (χ0v) is 20.3. The van der Waals surface area contributed by atoms with E-state index in [0.29, 0.717) is 0 Å². The van der Waals surface area contributed by atoms with E-state index in [4.69, 9.17) is 9.52 Å². The zero-order valence-electron chi connectivity index (χ0n) is 17.9. The van der Waals surface area contributed by atoms with E-state index in [1.165, 1.54) is 25.5 Å². The maximum Gasteiger partial charge on any atom is 0.155 e. The van der Waals surface area contributed by atoms with Crippen LogP contribution in [0.2, 0.25) is 0 Å². The van der Waals surface area contributed by atoms with Gasteiger partial charge < -0.3 is 14.5 Å². The van der Waals surface area contributed by atoms with E-state index in [2.05, 4.69) is 49.2 Å². The summed E-state index contributed by atoms with van der Waals surface area (Å²) in [4.78, 5) is 14.6. The van der Waals surface area contributed by atoms with Gasteiger partial charge in [-0.25, -0.2) is 0 Å². The first-order valence-corrected chi connectivity index (χ1v) is 9.65. The average molecular weight is 591 g/mol. The fourth-order valence-corrected chi connectivity index (χ4v) is 3.17. The van der Waals surface area contributed by atoms with Crippen molar-refractivity contribution in [3.05, 3.63) is 89.8 Å². The van der Waals surface area contributed by atoms with Gasteiger partial charge in [0.05, 0.1) is 12.0 Å². The standard InChI is InChI=1S/C21H16NO.C5H8O2.Ir/c1-14-8-15(2)10-17(9-14)19-11-18-12-20(23-21(18)13-22-19)16-6-4-3-5-7-16;1-4(6)3-5(2)7;/h3-9,11-13H,1-2H3;3,6H,1-2H3;/q-1;;/b;4-3-;. The monoisotopic (exact) mass is 591 g/mol. The molecule has 5 heteroatoms. The van der Waals surface area contributed by atoms with Crippen LogP contribution >= 0.6 is 0 Å². The number of hydrogen-bond acceptors (Lipinski definition) is 4. The van der Waals surface area contributed by atoms with E-state index in [0.717, 1.165) is 39.1 Å². The Labute approximate surface area is 196 Å². The molecule has 0 saturated carbocycles. The first-order chi connectivity index (χ1) is 14.3. The number of carbonyl (C=O) groups is 1. The molecule has 0 aliphatic heterocycles. The van der Waals surface area contributed by atoms with Gasteiger partial charge in [-0.3, -0.25) is 4.79 Å². The minimum atomic E-state index is -0.125. The Balaban J connectivity index is 0.000000373. The number of aliphatic hydroxyl groups excluding tert-OH is 1. The molecule has 0 spiro atoms. The minimum Gasteiger partial charge on any atom is -0.512 e. The SMILES string of the molecule is CC(=O)/C=C(/C)O.Cc1[c-]c(-c2cc3cc(-c4ccccc4)oc3cn2)cc(C)c1.[Ir]. The molecule has 2 aromatic heterocycles. The van der Waals surface area contributed by atoms with Crippen LogP contribution in [-0.4, -0.2) is 15.9 Å². The number of allylic oxidation sites excluding steroid dienone is 2. The second-order valence-electron chi connectivity index (χ2n) is 7.23. The third-order valence-electron chi connectivity index (χ3n) is 4.30. The quantitative estimate of drug-likeness (QED) is 0.166. The number of pyridine rings is 1. The van der Waals surface area contributed by atoms with Crippen molar-refractivity contribution in [3.63, 3.8) is 0 Å². The van der Waals surface area contributed by atoms with Gasteiger partial charge in [-0.2, -0.15) is 0 Å². The van der Waals surface area contributed by atoms with Crippen molar-refractivity contribution in [1.29, 1.82) is 0 Å². The van der Waals surface area contributed by atoms with Gasteiger partial charge in [0, 0.05) is 37.1 Å². The molecule has 0 amide bonds. The number of aliphatic hydroxyl groups is 1. The number of aryl methyl sites for hydroxylation is 2. The number of fused-ring (bicyclic) bond motifs is 1. The summed E-state index contributed by atoms with van der Waals surface area (Å²) in [5.74, 6) is 0.802. The van der Waals surface area contributed by atoms with Gasteiger partial charge in [-0.1, -0.05) is 50.2 Å². The third-order valence-corrected chi connectivity index (χ3v) is 4.30. The summed E-state index contributed by atoms with van der Waals surface area (Å²) in [6.45, 7) is 7.00. The molecule has 0 unspecified atom stereocenters. The summed E-state index contributed by atoms with van der Waals surface area (Å²) in [5, 5.41) is 9.42. The van der Waals surface area contributed by atoms with E-state index in [-0.39, 0.29) is 31.6 Å². The van der Waals surface area contributed by atoms with Crippen LogP contribution < -0.4 is 0 Å². The second kappa shape index (κ2) is 10.9. The van der Waals surface area contributed by atoms with Gasteiger partial charge in [0.2, 0.25) is 0 Å². The molecule has 4 aromatic rings. The molecule has 2 heterocycles. The predicted molar refractivity (Wildman–Crippen MR) is 120 cm³/mol. The van der Waals surface area contributed by atoms with Gasteiger partial charge in [0.15, 0.2) is 11.4 Å². The summed E-state index contributed by atoms with van der Waals surface area (Å²) in [7, 11) is 0. The predicted octanol–water partition coefficient (Wildman–Crippen LogP) is 6.61. The van der Waals surface area contributed by atoms with Crippen LogP contribution in [-0.2, 0) is 24.9 Å². The summed E-state index contributed by atoms with van der Waals surface area (Å²) in [5.41, 5.74) is 6.16. The largest absolute Gasteiger partial charge is 0.512 e. The van der Waals surface area contributed by atoms with Gasteiger partial charge in [0.25, 0.3) is 0 Å². The van der Waals surface area contributed by atoms with Gasteiger partial charge >= 0.3 is 0 Å². The molecule has 1 radical (unpaired) electrons. The molecule has 2 aromatic carbocycles. The van der Waals surface area contributed by atoms with E-state index in [1.54, 1.807) is 6.20 Å². The van der Waals surface area contributed by atoms with Crippen LogP contribution in [0.1, 0.15) is 25.0 Å². The average Bonchev–Trinajstić information content (AvgIpc) is 3.11. The van der Waals surface area contributed by atoms with Crippen molar-refractivity contribution in [2.45, 2.75) is 27.7 Å². The first-order valence-electron chi connectivity index (χ1n) is 9.65. The Hall–Kier alpha value is -3.01. The molecular weight excluding hydrogens is 567 g/mol. The molecule has 161 valence electrons. The number of ketones is 1. The number of aromatic nitrogens is 1. The fourth-order valence-electron chi connectivity index (χ4n) is 3.17. The van der Waals surface area contributed by atoms with Crippen LogP contribution in [0.3, 0.4) is 0 Å². The maximum atomic E-state index is 10.0. The van der Waals surface area contributed by atoms with Gasteiger partial charge in [-0.05, 0) is 25.6 Å². The van der Waals surface area contributed by atoms with E-state index in [1.807, 2.05) is 30.3 Å². The van der Waals surface area contributed by atoms with E-state index >= 15 is 0 Å². The van der Waals surface area contributed by atoms with E-state index < -0.39 is 0 Å². The number of carbonyl (C=O) groups excluding carboxylic acids is 1. The van der Waals surface area contributed by atoms with Crippen molar-refractivity contribution in [3.8, 4) is 22.6 Å². The van der Waals surface area contributed by atoms with Crippen LogP contribution in [0.15, 0.2) is 77.0 Å². The smallest absolute Gasteiger partial charge is 0.155 e. The molecule has 0 aliphatic carbocycles. The first kappa shape index (κ1) is 24.3. The van der Waals surface area contributed by atoms with E-state index in [9.17, 15) is 4.79 Å². The molecule has 4 nitrogen and oxygen atoms in total. The van der Waals surface area contributed by atoms with Crippen LogP contribution in [0.4, 0.5) is 0 Å². The van der Waals surface area contributed by atoms with Crippen molar-refractivity contribution in [2.75, 3.05) is 0 Å². The molecule has 0 bridgehead atoms. The van der Waals surface area contributed by atoms with Crippen molar-refractivity contribution in [1.82, 2.24) is 4.98 Å². The molecule has 0 fully saturated rings. The fraction of sp³-hybridized carbons (Fsp3) is 0.154. The Morgan fingerprint density at radius 3 is 2.35 bits per heavy atom. The summed E-state index contributed by atoms with van der Waals surface area (Å²) < 4.78 is 5.92. The van der Waals surface area contributed by atoms with Crippen molar-refractivity contribution >= 4 is 16.8 Å². The Morgan fingerprint density at radius 2 is 1.77 bits per heavy atom. The topological polar surface area (TPSA) is 63.3 Å². The number of hydrogen-bond donors (Lipinski definition) is 1. The summed E-state index contributed by atoms with van der Waals surface area (Å²) in [6, 6.07) is 21.9. The molecule has 4 rings (SSSR count). The Kier molecular flexibility index (Phi) is 8.49. The van der Waals surface area contributed by atoms with Crippen molar-refractivity contribution < 1.29 is 34.4 Å². The maximum absolute atomic E-state index is 10.0. The third kappa shape index (κ3) is 6.74. The number of nitrogens with zero attached hydrogens (tertiary/aromatic N) is 1. The molecule has 0 saturated heterocycles. The number of rotatable bonds is 3. The van der Waals surface area contributed by atoms with Crippen LogP contribution in [0, 0.1) is 19.9 Å². The van der Waals surface area contributed by atoms with Gasteiger partial charge in [-0.15, -0.1) is 34.9 Å². The second-order valence-corrected chi connectivity index (χ2v) is 7.23.